The Morgan fingerprint density at radius 2 is 2.05 bits per heavy atom. The van der Waals surface area contributed by atoms with Gasteiger partial charge in [0.15, 0.2) is 0 Å². The fourth-order valence-electron chi connectivity index (χ4n) is 1.77. The molecule has 7 heteroatoms. The first-order valence-electron chi connectivity index (χ1n) is 5.88. The Labute approximate surface area is 126 Å². The molecular weight excluding hydrogens is 342 g/mol. The number of pyridine rings is 1. The minimum Gasteiger partial charge on any atom is -0.383 e. The highest BCUT2D eigenvalue weighted by molar-refractivity contribution is 9.10. The Morgan fingerprint density at radius 1 is 1.30 bits per heavy atom. The number of hydrogen-bond acceptors (Lipinski definition) is 4. The fraction of sp³-hybridized carbons (Fsp3) is 0.154. The second kappa shape index (κ2) is 5.90. The number of benzene rings is 1. The molecular formula is C13H14BrN3O2S. The predicted molar refractivity (Wildman–Crippen MR) is 81.5 cm³/mol. The van der Waals surface area contributed by atoms with Gasteiger partial charge in [-0.1, -0.05) is 28.1 Å². The van der Waals surface area contributed by atoms with E-state index in [1.165, 1.54) is 18.3 Å². The molecule has 0 radical (unpaired) electrons. The van der Waals surface area contributed by atoms with Crippen LogP contribution in [0.1, 0.15) is 18.5 Å². The second-order valence-corrected chi connectivity index (χ2v) is 6.88. The molecule has 2 rings (SSSR count). The number of aromatic nitrogens is 1. The number of anilines is 1. The fourth-order valence-corrected chi connectivity index (χ4v) is 3.50. The first kappa shape index (κ1) is 15.0. The molecule has 0 bridgehead atoms. The van der Waals surface area contributed by atoms with Crippen LogP contribution < -0.4 is 10.5 Å². The van der Waals surface area contributed by atoms with Crippen LogP contribution in [-0.2, 0) is 10.0 Å². The third-order valence-electron chi connectivity index (χ3n) is 2.77. The van der Waals surface area contributed by atoms with E-state index in [2.05, 4.69) is 25.6 Å². The van der Waals surface area contributed by atoms with Crippen molar-refractivity contribution in [1.29, 1.82) is 0 Å². The zero-order valence-electron chi connectivity index (χ0n) is 10.7. The van der Waals surface area contributed by atoms with Gasteiger partial charge < -0.3 is 5.73 Å². The van der Waals surface area contributed by atoms with Gasteiger partial charge in [0.1, 0.15) is 10.7 Å². The maximum Gasteiger partial charge on any atom is 0.244 e. The number of rotatable bonds is 4. The molecule has 0 aliphatic heterocycles. The molecule has 106 valence electrons. The van der Waals surface area contributed by atoms with Gasteiger partial charge in [-0.25, -0.2) is 18.1 Å². The molecule has 0 aliphatic carbocycles. The van der Waals surface area contributed by atoms with E-state index in [-0.39, 0.29) is 16.8 Å². The normalized spacial score (nSPS) is 13.1. The van der Waals surface area contributed by atoms with Gasteiger partial charge in [-0.15, -0.1) is 0 Å². The quantitative estimate of drug-likeness (QED) is 0.881. The zero-order chi connectivity index (χ0) is 14.8. The van der Waals surface area contributed by atoms with Crippen molar-refractivity contribution in [3.05, 3.63) is 52.6 Å². The Kier molecular flexibility index (Phi) is 4.42. The molecule has 1 aromatic carbocycles. The van der Waals surface area contributed by atoms with Gasteiger partial charge >= 0.3 is 0 Å². The van der Waals surface area contributed by atoms with Gasteiger partial charge in [-0.2, -0.15) is 0 Å². The smallest absolute Gasteiger partial charge is 0.244 e. The molecule has 20 heavy (non-hydrogen) atoms. The molecule has 0 spiro atoms. The number of halogens is 1. The molecule has 5 nitrogen and oxygen atoms in total. The average Bonchev–Trinajstić information content (AvgIpc) is 2.38. The van der Waals surface area contributed by atoms with Crippen molar-refractivity contribution in [2.45, 2.75) is 17.9 Å². The average molecular weight is 356 g/mol. The van der Waals surface area contributed by atoms with Crippen molar-refractivity contribution in [3.63, 3.8) is 0 Å². The molecule has 0 saturated carbocycles. The lowest BCUT2D eigenvalue weighted by Gasteiger charge is -2.15. The highest BCUT2D eigenvalue weighted by Gasteiger charge is 2.21. The number of nitrogens with one attached hydrogen (secondary N) is 1. The van der Waals surface area contributed by atoms with Crippen LogP contribution in [0, 0.1) is 0 Å². The molecule has 2 aromatic rings. The van der Waals surface area contributed by atoms with Gasteiger partial charge in [0.05, 0.1) is 0 Å². The first-order chi connectivity index (χ1) is 9.40. The maximum atomic E-state index is 12.3. The largest absolute Gasteiger partial charge is 0.383 e. The highest BCUT2D eigenvalue weighted by atomic mass is 79.9. The summed E-state index contributed by atoms with van der Waals surface area (Å²) in [5.74, 6) is -0.0126. The number of nitrogen functional groups attached to an aromatic ring is 1. The molecule has 0 fully saturated rings. The van der Waals surface area contributed by atoms with Crippen LogP contribution in [0.5, 0.6) is 0 Å². The van der Waals surface area contributed by atoms with Gasteiger partial charge in [0.2, 0.25) is 10.0 Å². The number of nitrogens with zero attached hydrogens (tertiary/aromatic N) is 1. The summed E-state index contributed by atoms with van der Waals surface area (Å²) in [5.41, 5.74) is 6.46. The second-order valence-electron chi connectivity index (χ2n) is 4.28. The lowest BCUT2D eigenvalue weighted by molar-refractivity contribution is 0.567. The van der Waals surface area contributed by atoms with Crippen LogP contribution in [0.4, 0.5) is 5.82 Å². The van der Waals surface area contributed by atoms with E-state index < -0.39 is 10.0 Å². The molecule has 0 aliphatic rings. The number of nitrogens with two attached hydrogens (primary N) is 1. The Morgan fingerprint density at radius 3 is 2.70 bits per heavy atom. The van der Waals surface area contributed by atoms with Crippen molar-refractivity contribution in [2.24, 2.45) is 0 Å². The van der Waals surface area contributed by atoms with Crippen LogP contribution in [0.3, 0.4) is 0 Å². The summed E-state index contributed by atoms with van der Waals surface area (Å²) in [6.07, 6.45) is 1.45. The predicted octanol–water partition coefficient (Wildman–Crippen LogP) is 2.47. The van der Waals surface area contributed by atoms with Crippen molar-refractivity contribution < 1.29 is 8.42 Å². The lowest BCUT2D eigenvalue weighted by atomic mass is 10.1. The highest BCUT2D eigenvalue weighted by Crippen LogP contribution is 2.21. The summed E-state index contributed by atoms with van der Waals surface area (Å²) in [6, 6.07) is 10.0. The minimum absolute atomic E-state index is 0.0122. The summed E-state index contributed by atoms with van der Waals surface area (Å²) in [7, 11) is -3.70. The zero-order valence-corrected chi connectivity index (χ0v) is 13.1. The van der Waals surface area contributed by atoms with E-state index >= 15 is 0 Å². The Balaban J connectivity index is 2.27. The monoisotopic (exact) mass is 355 g/mol. The van der Waals surface area contributed by atoms with Crippen molar-refractivity contribution in [3.8, 4) is 0 Å². The van der Waals surface area contributed by atoms with E-state index in [4.69, 9.17) is 5.73 Å². The van der Waals surface area contributed by atoms with Gasteiger partial charge in [0.25, 0.3) is 0 Å². The molecule has 0 amide bonds. The Bertz CT molecular complexity index is 719. The van der Waals surface area contributed by atoms with Crippen molar-refractivity contribution in [2.75, 3.05) is 5.73 Å². The Hall–Kier alpha value is -1.44. The third kappa shape index (κ3) is 3.36. The first-order valence-corrected chi connectivity index (χ1v) is 8.16. The molecule has 3 N–H and O–H groups in total. The summed E-state index contributed by atoms with van der Waals surface area (Å²) in [4.78, 5) is 3.78. The lowest BCUT2D eigenvalue weighted by Crippen LogP contribution is -2.27. The minimum atomic E-state index is -3.70. The molecule has 1 atom stereocenters. The maximum absolute atomic E-state index is 12.3. The van der Waals surface area contributed by atoms with Crippen LogP contribution in [-0.4, -0.2) is 13.4 Å². The number of hydrogen-bond donors (Lipinski definition) is 2. The standard InChI is InChI=1S/C13H14BrN3O2S/c1-9(10-4-2-5-11(14)8-10)17-20(18,19)12-6-3-7-16-13(12)15/h2-9,17H,1H3,(H2,15,16). The van der Waals surface area contributed by atoms with Crippen LogP contribution in [0.25, 0.3) is 0 Å². The van der Waals surface area contributed by atoms with E-state index in [0.717, 1.165) is 10.0 Å². The van der Waals surface area contributed by atoms with E-state index in [0.29, 0.717) is 0 Å². The van der Waals surface area contributed by atoms with E-state index in [9.17, 15) is 8.42 Å². The van der Waals surface area contributed by atoms with Gasteiger partial charge in [0, 0.05) is 16.7 Å². The SMILES string of the molecule is CC(NS(=O)(=O)c1cccnc1N)c1cccc(Br)c1. The molecule has 1 heterocycles. The number of sulfonamides is 1. The third-order valence-corrected chi connectivity index (χ3v) is 4.85. The summed E-state index contributed by atoms with van der Waals surface area (Å²) in [6.45, 7) is 1.77. The summed E-state index contributed by atoms with van der Waals surface area (Å²) < 4.78 is 28.0. The molecule has 1 aromatic heterocycles. The topological polar surface area (TPSA) is 85.1 Å². The van der Waals surface area contributed by atoms with Gasteiger partial charge in [-0.3, -0.25) is 0 Å². The van der Waals surface area contributed by atoms with Crippen molar-refractivity contribution >= 4 is 31.8 Å². The summed E-state index contributed by atoms with van der Waals surface area (Å²) in [5, 5.41) is 0. The summed E-state index contributed by atoms with van der Waals surface area (Å²) >= 11 is 3.36. The van der Waals surface area contributed by atoms with Crippen molar-refractivity contribution in [1.82, 2.24) is 9.71 Å². The van der Waals surface area contributed by atoms with Gasteiger partial charge in [-0.05, 0) is 36.8 Å². The van der Waals surface area contributed by atoms with E-state index in [1.807, 2.05) is 24.3 Å². The van der Waals surface area contributed by atoms with Crippen LogP contribution in [0.2, 0.25) is 0 Å². The van der Waals surface area contributed by atoms with Crippen LogP contribution >= 0.6 is 15.9 Å². The molecule has 0 saturated heterocycles. The van der Waals surface area contributed by atoms with Crippen LogP contribution in [0.15, 0.2) is 52.0 Å². The van der Waals surface area contributed by atoms with E-state index in [1.54, 1.807) is 6.92 Å². The molecule has 1 unspecified atom stereocenters.